The molecule has 3 rings (SSSR count). The minimum Gasteiger partial charge on any atom is -0.372 e. The average molecular weight is 306 g/mol. The summed E-state index contributed by atoms with van der Waals surface area (Å²) in [5.74, 6) is 1.20. The summed E-state index contributed by atoms with van der Waals surface area (Å²) in [6, 6.07) is 1.82. The van der Waals surface area contributed by atoms with Gasteiger partial charge in [-0.1, -0.05) is 11.6 Å². The summed E-state index contributed by atoms with van der Waals surface area (Å²) < 4.78 is 1.21. The van der Waals surface area contributed by atoms with Gasteiger partial charge in [-0.2, -0.15) is 5.10 Å². The zero-order valence-electron chi connectivity index (χ0n) is 11.9. The third-order valence-corrected chi connectivity index (χ3v) is 3.94. The summed E-state index contributed by atoms with van der Waals surface area (Å²) in [7, 11) is 1.57. The maximum absolute atomic E-state index is 11.8. The Bertz CT molecular complexity index is 726. The van der Waals surface area contributed by atoms with Gasteiger partial charge in [0.15, 0.2) is 5.82 Å². The Kier molecular flexibility index (Phi) is 3.63. The fourth-order valence-corrected chi connectivity index (χ4v) is 2.45. The van der Waals surface area contributed by atoms with Crippen LogP contribution in [-0.2, 0) is 7.05 Å². The molecule has 2 heterocycles. The summed E-state index contributed by atoms with van der Waals surface area (Å²) in [4.78, 5) is 20.7. The first-order chi connectivity index (χ1) is 10.1. The van der Waals surface area contributed by atoms with Gasteiger partial charge in [0.25, 0.3) is 5.56 Å². The number of hydrogen-bond donors (Lipinski definition) is 1. The molecule has 1 saturated carbocycles. The molecule has 1 aliphatic carbocycles. The summed E-state index contributed by atoms with van der Waals surface area (Å²) in [5.41, 5.74) is 1.13. The molecule has 1 fully saturated rings. The summed E-state index contributed by atoms with van der Waals surface area (Å²) in [6.07, 6.45) is 5.54. The van der Waals surface area contributed by atoms with E-state index in [2.05, 4.69) is 20.4 Å². The molecule has 7 heteroatoms. The summed E-state index contributed by atoms with van der Waals surface area (Å²) >= 11 is 6.11. The third-order valence-electron chi connectivity index (χ3n) is 3.57. The molecule has 0 unspecified atom stereocenters. The fraction of sp³-hybridized carbons (Fsp3) is 0.429. The molecule has 6 nitrogen and oxygen atoms in total. The molecule has 1 aliphatic rings. The fourth-order valence-electron chi connectivity index (χ4n) is 2.22. The highest BCUT2D eigenvalue weighted by Crippen LogP contribution is 2.42. The predicted molar refractivity (Wildman–Crippen MR) is 80.3 cm³/mol. The molecular weight excluding hydrogens is 290 g/mol. The van der Waals surface area contributed by atoms with Gasteiger partial charge < -0.3 is 5.32 Å². The Labute approximate surface area is 127 Å². The number of nitrogens with zero attached hydrogens (tertiary/aromatic N) is 4. The van der Waals surface area contributed by atoms with Crippen LogP contribution in [0.2, 0.25) is 5.02 Å². The van der Waals surface area contributed by atoms with E-state index in [0.717, 1.165) is 24.4 Å². The van der Waals surface area contributed by atoms with Crippen molar-refractivity contribution < 1.29 is 0 Å². The molecule has 0 amide bonds. The van der Waals surface area contributed by atoms with Crippen LogP contribution in [0.5, 0.6) is 0 Å². The van der Waals surface area contributed by atoms with Gasteiger partial charge in [0.1, 0.15) is 5.02 Å². The highest BCUT2D eigenvalue weighted by atomic mass is 35.5. The highest BCUT2D eigenvalue weighted by Gasteiger charge is 2.34. The normalized spacial score (nSPS) is 15.8. The van der Waals surface area contributed by atoms with Crippen LogP contribution in [0.1, 0.15) is 30.4 Å². The van der Waals surface area contributed by atoms with Crippen molar-refractivity contribution in [1.29, 1.82) is 0 Å². The topological polar surface area (TPSA) is 72.7 Å². The van der Waals surface area contributed by atoms with E-state index < -0.39 is 0 Å². The lowest BCUT2D eigenvalue weighted by Crippen LogP contribution is -2.23. The molecule has 110 valence electrons. The SMILES string of the molecule is Cc1ccnc([C@H](Nc2cnn(C)c(=O)c2Cl)C2CC2)n1. The quantitative estimate of drug-likeness (QED) is 0.936. The Balaban J connectivity index is 1.93. The van der Waals surface area contributed by atoms with Crippen molar-refractivity contribution in [1.82, 2.24) is 19.7 Å². The smallest absolute Gasteiger partial charge is 0.287 e. The standard InChI is InChI=1S/C14H16ClN5O/c1-8-5-6-16-13(18-8)12(9-3-4-9)19-10-7-17-20(2)14(21)11(10)15/h5-7,9,12,19H,3-4H2,1-2H3/t12-/m1/s1. The number of rotatable bonds is 4. The molecule has 0 saturated heterocycles. The Morgan fingerprint density at radius 1 is 1.48 bits per heavy atom. The molecule has 0 aromatic carbocycles. The molecule has 1 atom stereocenters. The molecule has 0 spiro atoms. The molecular formula is C14H16ClN5O. The number of anilines is 1. The van der Waals surface area contributed by atoms with E-state index in [-0.39, 0.29) is 16.6 Å². The van der Waals surface area contributed by atoms with Crippen LogP contribution in [0.15, 0.2) is 23.3 Å². The third kappa shape index (κ3) is 2.90. The van der Waals surface area contributed by atoms with E-state index in [9.17, 15) is 4.79 Å². The Morgan fingerprint density at radius 2 is 2.24 bits per heavy atom. The molecule has 0 bridgehead atoms. The summed E-state index contributed by atoms with van der Waals surface area (Å²) in [5, 5.41) is 7.43. The lowest BCUT2D eigenvalue weighted by molar-refractivity contribution is 0.628. The van der Waals surface area contributed by atoms with Crippen LogP contribution >= 0.6 is 11.6 Å². The monoisotopic (exact) mass is 305 g/mol. The van der Waals surface area contributed by atoms with Gasteiger partial charge in [-0.15, -0.1) is 0 Å². The van der Waals surface area contributed by atoms with Crippen LogP contribution in [0.4, 0.5) is 5.69 Å². The lowest BCUT2D eigenvalue weighted by atomic mass is 10.1. The predicted octanol–water partition coefficient (Wildman–Crippen LogP) is 2.10. The number of nitrogens with one attached hydrogen (secondary N) is 1. The van der Waals surface area contributed by atoms with E-state index in [1.807, 2.05) is 13.0 Å². The van der Waals surface area contributed by atoms with Crippen molar-refractivity contribution >= 4 is 17.3 Å². The summed E-state index contributed by atoms with van der Waals surface area (Å²) in [6.45, 7) is 1.93. The number of halogens is 1. The van der Waals surface area contributed by atoms with Gasteiger partial charge in [0, 0.05) is 18.9 Å². The zero-order chi connectivity index (χ0) is 15.0. The second-order valence-electron chi connectivity index (χ2n) is 5.32. The van der Waals surface area contributed by atoms with E-state index in [0.29, 0.717) is 11.6 Å². The molecule has 0 radical (unpaired) electrons. The van der Waals surface area contributed by atoms with Crippen LogP contribution in [0.3, 0.4) is 0 Å². The number of hydrogen-bond acceptors (Lipinski definition) is 5. The second-order valence-corrected chi connectivity index (χ2v) is 5.69. The van der Waals surface area contributed by atoms with Gasteiger partial charge in [0.05, 0.1) is 17.9 Å². The maximum Gasteiger partial charge on any atom is 0.287 e. The minimum atomic E-state index is -0.318. The molecule has 0 aliphatic heterocycles. The van der Waals surface area contributed by atoms with Crippen molar-refractivity contribution in [2.75, 3.05) is 5.32 Å². The van der Waals surface area contributed by atoms with Gasteiger partial charge >= 0.3 is 0 Å². The number of aromatic nitrogens is 4. The van der Waals surface area contributed by atoms with E-state index in [4.69, 9.17) is 11.6 Å². The Hall–Kier alpha value is -1.95. The van der Waals surface area contributed by atoms with Gasteiger partial charge in [-0.05, 0) is 31.7 Å². The average Bonchev–Trinajstić information content (AvgIpc) is 3.29. The first-order valence-electron chi connectivity index (χ1n) is 6.84. The van der Waals surface area contributed by atoms with Crippen molar-refractivity contribution in [3.8, 4) is 0 Å². The van der Waals surface area contributed by atoms with Crippen molar-refractivity contribution in [3.63, 3.8) is 0 Å². The largest absolute Gasteiger partial charge is 0.372 e. The maximum atomic E-state index is 11.8. The molecule has 2 aromatic rings. The van der Waals surface area contributed by atoms with Crippen LogP contribution in [-0.4, -0.2) is 19.7 Å². The molecule has 21 heavy (non-hydrogen) atoms. The zero-order valence-corrected chi connectivity index (χ0v) is 12.6. The van der Waals surface area contributed by atoms with Crippen molar-refractivity contribution in [2.24, 2.45) is 13.0 Å². The molecule has 2 aromatic heterocycles. The first-order valence-corrected chi connectivity index (χ1v) is 7.22. The van der Waals surface area contributed by atoms with Crippen LogP contribution in [0.25, 0.3) is 0 Å². The van der Waals surface area contributed by atoms with Gasteiger partial charge in [0.2, 0.25) is 0 Å². The van der Waals surface area contributed by atoms with Gasteiger partial charge in [-0.25, -0.2) is 14.6 Å². The van der Waals surface area contributed by atoms with Gasteiger partial charge in [-0.3, -0.25) is 4.79 Å². The highest BCUT2D eigenvalue weighted by molar-refractivity contribution is 6.32. The first kappa shape index (κ1) is 14.0. The van der Waals surface area contributed by atoms with Crippen molar-refractivity contribution in [3.05, 3.63) is 45.4 Å². The number of aryl methyl sites for hydroxylation is 2. The Morgan fingerprint density at radius 3 is 2.90 bits per heavy atom. The van der Waals surface area contributed by atoms with Crippen LogP contribution < -0.4 is 10.9 Å². The lowest BCUT2D eigenvalue weighted by Gasteiger charge is -2.19. The minimum absolute atomic E-state index is 0.0451. The molecule has 1 N–H and O–H groups in total. The van der Waals surface area contributed by atoms with Crippen molar-refractivity contribution in [2.45, 2.75) is 25.8 Å². The second kappa shape index (κ2) is 5.44. The van der Waals surface area contributed by atoms with Crippen LogP contribution in [0, 0.1) is 12.8 Å². The van der Waals surface area contributed by atoms with E-state index in [1.54, 1.807) is 19.4 Å². The van der Waals surface area contributed by atoms with E-state index in [1.165, 1.54) is 4.68 Å². The van der Waals surface area contributed by atoms with E-state index >= 15 is 0 Å².